The van der Waals surface area contributed by atoms with Crippen LogP contribution in [0.2, 0.25) is 5.02 Å². The van der Waals surface area contributed by atoms with E-state index in [0.29, 0.717) is 24.7 Å². The predicted octanol–water partition coefficient (Wildman–Crippen LogP) is 3.75. The minimum atomic E-state index is -0.322. The normalized spacial score (nSPS) is 15.5. The van der Waals surface area contributed by atoms with Crippen molar-refractivity contribution in [3.63, 3.8) is 0 Å². The topological polar surface area (TPSA) is 23.6 Å². The summed E-state index contributed by atoms with van der Waals surface area (Å²) >= 11 is 6.09. The minimum Gasteiger partial charge on any atom is -0.336 e. The minimum absolute atomic E-state index is 0.0782. The van der Waals surface area contributed by atoms with Crippen LogP contribution in [0.1, 0.15) is 21.5 Å². The Hall–Kier alpha value is -1.91. The fourth-order valence-electron chi connectivity index (χ4n) is 2.88. The molecule has 126 valence electrons. The number of nitrogens with zero attached hydrogens (tertiary/aromatic N) is 2. The molecule has 0 aliphatic carbocycles. The predicted molar refractivity (Wildman–Crippen MR) is 93.8 cm³/mol. The fraction of sp³-hybridized carbons (Fsp3) is 0.316. The molecule has 0 atom stereocenters. The Morgan fingerprint density at radius 1 is 1.08 bits per heavy atom. The average molecular weight is 347 g/mol. The van der Waals surface area contributed by atoms with Crippen molar-refractivity contribution >= 4 is 17.5 Å². The molecule has 1 amide bonds. The first-order chi connectivity index (χ1) is 11.5. The van der Waals surface area contributed by atoms with Crippen LogP contribution in [-0.4, -0.2) is 41.9 Å². The summed E-state index contributed by atoms with van der Waals surface area (Å²) < 4.78 is 13.1. The largest absolute Gasteiger partial charge is 0.336 e. The van der Waals surface area contributed by atoms with Crippen molar-refractivity contribution in [3.05, 3.63) is 70.0 Å². The molecule has 1 fully saturated rings. The molecule has 1 aliphatic rings. The molecule has 0 bridgehead atoms. The molecule has 3 nitrogen and oxygen atoms in total. The molecule has 0 radical (unpaired) electrons. The van der Waals surface area contributed by atoms with Gasteiger partial charge in [-0.3, -0.25) is 9.69 Å². The summed E-state index contributed by atoms with van der Waals surface area (Å²) in [5.74, 6) is -0.244. The van der Waals surface area contributed by atoms with Crippen LogP contribution < -0.4 is 0 Å². The molecule has 0 unspecified atom stereocenters. The van der Waals surface area contributed by atoms with Crippen molar-refractivity contribution < 1.29 is 9.18 Å². The fourth-order valence-corrected chi connectivity index (χ4v) is 3.11. The van der Waals surface area contributed by atoms with Gasteiger partial charge in [0.25, 0.3) is 5.91 Å². The first kappa shape index (κ1) is 16.9. The molecule has 1 heterocycles. The third-order valence-electron chi connectivity index (χ3n) is 4.37. The van der Waals surface area contributed by atoms with Gasteiger partial charge < -0.3 is 4.90 Å². The summed E-state index contributed by atoms with van der Waals surface area (Å²) in [4.78, 5) is 16.6. The smallest absolute Gasteiger partial charge is 0.253 e. The van der Waals surface area contributed by atoms with Gasteiger partial charge in [0.2, 0.25) is 0 Å². The maximum absolute atomic E-state index is 13.1. The van der Waals surface area contributed by atoms with E-state index in [1.165, 1.54) is 12.1 Å². The Labute approximate surface area is 146 Å². The lowest BCUT2D eigenvalue weighted by Crippen LogP contribution is -2.48. The second kappa shape index (κ2) is 7.32. The SMILES string of the molecule is Cc1ccc(C(=O)N2CCN(Cc3ccc(F)cc3Cl)CC2)cc1. The summed E-state index contributed by atoms with van der Waals surface area (Å²) in [6.45, 7) is 5.62. The summed E-state index contributed by atoms with van der Waals surface area (Å²) in [6.07, 6.45) is 0. The molecule has 5 heteroatoms. The number of carbonyl (C=O) groups excluding carboxylic acids is 1. The summed E-state index contributed by atoms with van der Waals surface area (Å²) in [6, 6.07) is 12.2. The Kier molecular flexibility index (Phi) is 5.17. The molecule has 24 heavy (non-hydrogen) atoms. The molecule has 3 rings (SSSR count). The lowest BCUT2D eigenvalue weighted by molar-refractivity contribution is 0.0628. The third-order valence-corrected chi connectivity index (χ3v) is 4.72. The van der Waals surface area contributed by atoms with Gasteiger partial charge in [0, 0.05) is 43.3 Å². The van der Waals surface area contributed by atoms with E-state index in [1.54, 1.807) is 6.07 Å². The van der Waals surface area contributed by atoms with E-state index in [9.17, 15) is 9.18 Å². The van der Waals surface area contributed by atoms with Crippen molar-refractivity contribution in [1.82, 2.24) is 9.80 Å². The molecule has 0 N–H and O–H groups in total. The van der Waals surface area contributed by atoms with E-state index in [-0.39, 0.29) is 11.7 Å². The van der Waals surface area contributed by atoms with E-state index < -0.39 is 0 Å². The average Bonchev–Trinajstić information content (AvgIpc) is 2.58. The highest BCUT2D eigenvalue weighted by Gasteiger charge is 2.22. The van der Waals surface area contributed by atoms with Gasteiger partial charge in [0.1, 0.15) is 5.82 Å². The monoisotopic (exact) mass is 346 g/mol. The second-order valence-corrected chi connectivity index (χ2v) is 6.58. The van der Waals surface area contributed by atoms with Gasteiger partial charge >= 0.3 is 0 Å². The van der Waals surface area contributed by atoms with E-state index in [4.69, 9.17) is 11.6 Å². The van der Waals surface area contributed by atoms with Crippen molar-refractivity contribution in [2.75, 3.05) is 26.2 Å². The lowest BCUT2D eigenvalue weighted by Gasteiger charge is -2.35. The molecule has 0 saturated carbocycles. The highest BCUT2D eigenvalue weighted by molar-refractivity contribution is 6.31. The van der Waals surface area contributed by atoms with Gasteiger partial charge in [0.15, 0.2) is 0 Å². The second-order valence-electron chi connectivity index (χ2n) is 6.17. The van der Waals surface area contributed by atoms with E-state index in [0.717, 1.165) is 29.8 Å². The number of hydrogen-bond donors (Lipinski definition) is 0. The molecule has 1 saturated heterocycles. The van der Waals surface area contributed by atoms with Gasteiger partial charge in [-0.05, 0) is 36.8 Å². The van der Waals surface area contributed by atoms with Crippen LogP contribution in [0.15, 0.2) is 42.5 Å². The molecular formula is C19H20ClFN2O. The van der Waals surface area contributed by atoms with Crippen molar-refractivity contribution in [3.8, 4) is 0 Å². The summed E-state index contributed by atoms with van der Waals surface area (Å²) in [5, 5.41) is 0.452. The van der Waals surface area contributed by atoms with Crippen LogP contribution in [0, 0.1) is 12.7 Å². The van der Waals surface area contributed by atoms with Crippen molar-refractivity contribution in [1.29, 1.82) is 0 Å². The highest BCUT2D eigenvalue weighted by atomic mass is 35.5. The Balaban J connectivity index is 1.57. The van der Waals surface area contributed by atoms with E-state index in [2.05, 4.69) is 4.90 Å². The number of halogens is 2. The Morgan fingerprint density at radius 2 is 1.75 bits per heavy atom. The quantitative estimate of drug-likeness (QED) is 0.845. The van der Waals surface area contributed by atoms with Crippen LogP contribution >= 0.6 is 11.6 Å². The van der Waals surface area contributed by atoms with Gasteiger partial charge in [-0.2, -0.15) is 0 Å². The number of piperazine rings is 1. The molecule has 2 aromatic rings. The standard InChI is InChI=1S/C19H20ClFN2O/c1-14-2-4-15(5-3-14)19(24)23-10-8-22(9-11-23)13-16-6-7-17(21)12-18(16)20/h2-7,12H,8-11,13H2,1H3. The summed E-state index contributed by atoms with van der Waals surface area (Å²) in [5.41, 5.74) is 2.79. The van der Waals surface area contributed by atoms with Crippen molar-refractivity contribution in [2.45, 2.75) is 13.5 Å². The first-order valence-electron chi connectivity index (χ1n) is 8.05. The van der Waals surface area contributed by atoms with Crippen molar-refractivity contribution in [2.24, 2.45) is 0 Å². The molecule has 0 spiro atoms. The zero-order valence-electron chi connectivity index (χ0n) is 13.6. The maximum Gasteiger partial charge on any atom is 0.253 e. The number of rotatable bonds is 3. The van der Waals surface area contributed by atoms with Crippen LogP contribution in [0.3, 0.4) is 0 Å². The zero-order chi connectivity index (χ0) is 17.1. The van der Waals surface area contributed by atoms with E-state index >= 15 is 0 Å². The summed E-state index contributed by atoms with van der Waals surface area (Å²) in [7, 11) is 0. The number of benzene rings is 2. The number of aryl methyl sites for hydroxylation is 1. The molecule has 2 aromatic carbocycles. The van der Waals surface area contributed by atoms with Gasteiger partial charge in [-0.1, -0.05) is 35.4 Å². The van der Waals surface area contributed by atoms with Gasteiger partial charge in [-0.25, -0.2) is 4.39 Å². The third kappa shape index (κ3) is 3.94. The highest BCUT2D eigenvalue weighted by Crippen LogP contribution is 2.20. The maximum atomic E-state index is 13.1. The number of carbonyl (C=O) groups is 1. The molecule has 0 aromatic heterocycles. The van der Waals surface area contributed by atoms with Gasteiger partial charge in [-0.15, -0.1) is 0 Å². The van der Waals surface area contributed by atoms with Crippen LogP contribution in [-0.2, 0) is 6.54 Å². The van der Waals surface area contributed by atoms with Crippen LogP contribution in [0.4, 0.5) is 4.39 Å². The first-order valence-corrected chi connectivity index (χ1v) is 8.43. The van der Waals surface area contributed by atoms with Crippen LogP contribution in [0.25, 0.3) is 0 Å². The molecule has 1 aliphatic heterocycles. The number of amides is 1. The lowest BCUT2D eigenvalue weighted by atomic mass is 10.1. The zero-order valence-corrected chi connectivity index (χ0v) is 14.4. The van der Waals surface area contributed by atoms with Gasteiger partial charge in [0.05, 0.1) is 0 Å². The Morgan fingerprint density at radius 3 is 2.38 bits per heavy atom. The number of hydrogen-bond acceptors (Lipinski definition) is 2. The van der Waals surface area contributed by atoms with Crippen LogP contribution in [0.5, 0.6) is 0 Å². The van der Waals surface area contributed by atoms with E-state index in [1.807, 2.05) is 36.1 Å². The molecular weight excluding hydrogens is 327 g/mol. The Bertz CT molecular complexity index is 725.